The molecule has 0 spiro atoms. The molecule has 0 radical (unpaired) electrons. The van der Waals surface area contributed by atoms with Gasteiger partial charge in [0.05, 0.1) is 53.6 Å². The van der Waals surface area contributed by atoms with Crippen LogP contribution in [-0.2, 0) is 39.9 Å². The van der Waals surface area contributed by atoms with E-state index in [0.717, 1.165) is 5.56 Å². The molecule has 1 rings (SSSR count). The van der Waals surface area contributed by atoms with Gasteiger partial charge >= 0.3 is 29.8 Å². The number of ether oxygens (including phenoxy) is 3. The van der Waals surface area contributed by atoms with Crippen molar-refractivity contribution >= 4 is 29.8 Å². The maximum absolute atomic E-state index is 12.2. The predicted octanol–water partition coefficient (Wildman–Crippen LogP) is -0.498. The molecule has 0 bridgehead atoms. The quantitative estimate of drug-likeness (QED) is 0.175. The molecule has 0 aliphatic carbocycles. The summed E-state index contributed by atoms with van der Waals surface area (Å²) in [5, 5.41) is 27.8. The van der Waals surface area contributed by atoms with Crippen molar-refractivity contribution in [2.75, 3.05) is 73.2 Å². The van der Waals surface area contributed by atoms with Gasteiger partial charge in [-0.3, -0.25) is 38.7 Å². The third-order valence-corrected chi connectivity index (χ3v) is 5.62. The average Bonchev–Trinajstić information content (AvgIpc) is 2.86. The van der Waals surface area contributed by atoms with Crippen LogP contribution in [0.1, 0.15) is 12.5 Å². The lowest BCUT2D eigenvalue weighted by Crippen LogP contribution is -2.51. The summed E-state index contributed by atoms with van der Waals surface area (Å²) < 4.78 is 15.0. The van der Waals surface area contributed by atoms with Gasteiger partial charge in [0.1, 0.15) is 5.75 Å². The first-order valence-electron chi connectivity index (χ1n) is 12.2. The third kappa shape index (κ3) is 14.1. The lowest BCUT2D eigenvalue weighted by molar-refractivity contribution is -0.147. The minimum Gasteiger partial charge on any atom is -0.494 e. The van der Waals surface area contributed by atoms with Crippen LogP contribution >= 0.6 is 0 Å². The minimum absolute atomic E-state index is 0.0126. The van der Waals surface area contributed by atoms with Crippen LogP contribution in [0.15, 0.2) is 24.3 Å². The number of hydrogen-bond donors (Lipinski definition) is 3. The van der Waals surface area contributed by atoms with E-state index in [0.29, 0.717) is 12.4 Å². The summed E-state index contributed by atoms with van der Waals surface area (Å²) in [7, 11) is 2.39. The number of carbonyl (C=O) groups is 5. The predicted molar refractivity (Wildman–Crippen MR) is 136 cm³/mol. The molecule has 1 aromatic carbocycles. The number of methoxy groups -OCH3 is 2. The molecule has 0 saturated carbocycles. The Kier molecular flexibility index (Phi) is 15.1. The van der Waals surface area contributed by atoms with Crippen molar-refractivity contribution in [3.63, 3.8) is 0 Å². The number of carboxylic acids is 3. The van der Waals surface area contributed by atoms with Crippen LogP contribution in [0.3, 0.4) is 0 Å². The van der Waals surface area contributed by atoms with Gasteiger partial charge in [0.15, 0.2) is 0 Å². The van der Waals surface area contributed by atoms with Gasteiger partial charge in [-0.25, -0.2) is 0 Å². The highest BCUT2D eigenvalue weighted by Crippen LogP contribution is 2.17. The highest BCUT2D eigenvalue weighted by molar-refractivity contribution is 5.74. The van der Waals surface area contributed by atoms with Crippen molar-refractivity contribution in [1.82, 2.24) is 14.7 Å². The van der Waals surface area contributed by atoms with E-state index >= 15 is 0 Å². The molecule has 1 aromatic rings. The number of aliphatic carboxylic acids is 3. The highest BCUT2D eigenvalue weighted by atomic mass is 16.5. The zero-order chi connectivity index (χ0) is 29.4. The minimum atomic E-state index is -1.21. The van der Waals surface area contributed by atoms with Gasteiger partial charge in [0, 0.05) is 25.7 Å². The molecule has 0 unspecified atom stereocenters. The summed E-state index contributed by atoms with van der Waals surface area (Å²) in [6.07, 6.45) is 0.280. The third-order valence-electron chi connectivity index (χ3n) is 5.62. The number of carbonyl (C=O) groups excluding carboxylic acids is 2. The number of rotatable bonds is 20. The normalized spacial score (nSPS) is 11.8. The molecule has 0 saturated heterocycles. The van der Waals surface area contributed by atoms with Gasteiger partial charge in [0.2, 0.25) is 0 Å². The van der Waals surface area contributed by atoms with Crippen LogP contribution in [0.2, 0.25) is 0 Å². The van der Waals surface area contributed by atoms with Gasteiger partial charge < -0.3 is 29.5 Å². The largest absolute Gasteiger partial charge is 0.494 e. The molecule has 0 aliphatic rings. The van der Waals surface area contributed by atoms with Gasteiger partial charge in [-0.15, -0.1) is 0 Å². The van der Waals surface area contributed by atoms with E-state index in [9.17, 15) is 29.1 Å². The van der Waals surface area contributed by atoms with Gasteiger partial charge in [-0.1, -0.05) is 12.1 Å². The van der Waals surface area contributed by atoms with E-state index in [1.54, 1.807) is 29.2 Å². The zero-order valence-corrected chi connectivity index (χ0v) is 22.4. The lowest BCUT2D eigenvalue weighted by Gasteiger charge is -2.34. The van der Waals surface area contributed by atoms with Crippen LogP contribution in [0, 0.1) is 0 Å². The van der Waals surface area contributed by atoms with E-state index in [1.807, 2.05) is 6.92 Å². The molecule has 0 aromatic heterocycles. The molecule has 0 fully saturated rings. The summed E-state index contributed by atoms with van der Waals surface area (Å²) in [6.45, 7) is 0.345. The molecule has 1 atom stereocenters. The number of esters is 2. The maximum Gasteiger partial charge on any atom is 0.319 e. The van der Waals surface area contributed by atoms with E-state index < -0.39 is 55.5 Å². The second-order valence-electron chi connectivity index (χ2n) is 8.62. The Balaban J connectivity index is 3.29. The number of hydrogen-bond acceptors (Lipinski definition) is 11. The van der Waals surface area contributed by atoms with Crippen LogP contribution in [0.5, 0.6) is 5.75 Å². The Hall–Kier alpha value is -3.75. The standard InChI is InChI=1S/C25H37N3O11/c1-4-39-20-7-5-18(6-8-20)11-19(28(15-23(33)34)17-25(36)38-3)12-26(16-24(35)37-2)9-10-27(13-21(29)30)14-22(31)32/h5-8,19H,4,9-17H2,1-3H3,(H,29,30)(H,31,32)(H,33,34)/t19-/m0/s1. The van der Waals surface area contributed by atoms with Crippen molar-refractivity contribution in [1.29, 1.82) is 0 Å². The Morgan fingerprint density at radius 2 is 1.26 bits per heavy atom. The molecule has 0 aliphatic heterocycles. The molecule has 0 amide bonds. The van der Waals surface area contributed by atoms with Crippen molar-refractivity contribution in [3.8, 4) is 5.75 Å². The Morgan fingerprint density at radius 3 is 1.74 bits per heavy atom. The number of carboxylic acid groups (broad SMARTS) is 3. The molecule has 218 valence electrons. The Bertz CT molecular complexity index is 939. The van der Waals surface area contributed by atoms with Crippen molar-refractivity contribution in [3.05, 3.63) is 29.8 Å². The maximum atomic E-state index is 12.2. The van der Waals surface area contributed by atoms with E-state index in [1.165, 1.54) is 24.0 Å². The molecule has 14 heteroatoms. The fraction of sp³-hybridized carbons (Fsp3) is 0.560. The van der Waals surface area contributed by atoms with Crippen LogP contribution in [0.4, 0.5) is 0 Å². The summed E-state index contributed by atoms with van der Waals surface area (Å²) in [5.41, 5.74) is 0.806. The second kappa shape index (κ2) is 17.7. The number of nitrogens with zero attached hydrogens (tertiary/aromatic N) is 3. The van der Waals surface area contributed by atoms with Crippen molar-refractivity contribution in [2.24, 2.45) is 0 Å². The van der Waals surface area contributed by atoms with Gasteiger partial charge in [0.25, 0.3) is 0 Å². The molecule has 3 N–H and O–H groups in total. The molecule has 0 heterocycles. The average molecular weight is 556 g/mol. The summed E-state index contributed by atoms with van der Waals surface area (Å²) in [4.78, 5) is 62.6. The second-order valence-corrected chi connectivity index (χ2v) is 8.62. The van der Waals surface area contributed by atoms with Crippen LogP contribution in [0.25, 0.3) is 0 Å². The summed E-state index contributed by atoms with van der Waals surface area (Å²) in [6, 6.07) is 6.52. The van der Waals surface area contributed by atoms with Crippen molar-refractivity contribution < 1.29 is 53.5 Å². The van der Waals surface area contributed by atoms with Gasteiger partial charge in [-0.05, 0) is 31.0 Å². The Labute approximate surface area is 226 Å². The fourth-order valence-corrected chi connectivity index (χ4v) is 3.85. The first-order valence-corrected chi connectivity index (χ1v) is 12.2. The zero-order valence-electron chi connectivity index (χ0n) is 22.4. The SMILES string of the molecule is CCOc1ccc(C[C@@H](CN(CCN(CC(=O)O)CC(=O)O)CC(=O)OC)N(CC(=O)O)CC(=O)OC)cc1. The summed E-state index contributed by atoms with van der Waals surface area (Å²) in [5.74, 6) is -4.20. The van der Waals surface area contributed by atoms with Crippen LogP contribution in [-0.4, -0.2) is 139 Å². The lowest BCUT2D eigenvalue weighted by atomic mass is 10.0. The van der Waals surface area contributed by atoms with E-state index in [4.69, 9.17) is 24.4 Å². The molecule has 39 heavy (non-hydrogen) atoms. The fourth-order valence-electron chi connectivity index (χ4n) is 3.85. The van der Waals surface area contributed by atoms with E-state index in [2.05, 4.69) is 0 Å². The first kappa shape index (κ1) is 33.3. The molecule has 14 nitrogen and oxygen atoms in total. The summed E-state index contributed by atoms with van der Waals surface area (Å²) >= 11 is 0. The number of benzene rings is 1. The smallest absolute Gasteiger partial charge is 0.319 e. The highest BCUT2D eigenvalue weighted by Gasteiger charge is 2.28. The van der Waals surface area contributed by atoms with Crippen LogP contribution < -0.4 is 4.74 Å². The molecular formula is C25H37N3O11. The molecular weight excluding hydrogens is 518 g/mol. The van der Waals surface area contributed by atoms with Crippen molar-refractivity contribution in [2.45, 2.75) is 19.4 Å². The topological polar surface area (TPSA) is 183 Å². The monoisotopic (exact) mass is 555 g/mol. The Morgan fingerprint density at radius 1 is 0.744 bits per heavy atom. The van der Waals surface area contributed by atoms with Gasteiger partial charge in [-0.2, -0.15) is 0 Å². The first-order chi connectivity index (χ1) is 18.5. The van der Waals surface area contributed by atoms with E-state index in [-0.39, 0.29) is 39.1 Å².